The van der Waals surface area contributed by atoms with Gasteiger partial charge in [-0.15, -0.1) is 0 Å². The van der Waals surface area contributed by atoms with Crippen molar-refractivity contribution in [3.8, 4) is 5.75 Å². The molecule has 1 aromatic rings. The molecule has 154 valence electrons. The molecule has 0 unspecified atom stereocenters. The molecule has 0 aromatic heterocycles. The van der Waals surface area contributed by atoms with Gasteiger partial charge in [-0.3, -0.25) is 4.79 Å². The quantitative estimate of drug-likeness (QED) is 0.500. The molecule has 1 heterocycles. The van der Waals surface area contributed by atoms with E-state index < -0.39 is 39.7 Å². The lowest BCUT2D eigenvalue weighted by atomic mass is 10.2. The number of benzene rings is 1. The fourth-order valence-corrected chi connectivity index (χ4v) is 4.79. The predicted molar refractivity (Wildman–Crippen MR) is 102 cm³/mol. The van der Waals surface area contributed by atoms with E-state index in [0.29, 0.717) is 18.5 Å². The van der Waals surface area contributed by atoms with Crippen molar-refractivity contribution in [1.82, 2.24) is 4.90 Å². The zero-order chi connectivity index (χ0) is 20.9. The van der Waals surface area contributed by atoms with Crippen LogP contribution in [0.3, 0.4) is 0 Å². The molecule has 9 heteroatoms. The zero-order valence-corrected chi connectivity index (χ0v) is 16.9. The van der Waals surface area contributed by atoms with Gasteiger partial charge in [-0.25, -0.2) is 17.6 Å². The summed E-state index contributed by atoms with van der Waals surface area (Å²) in [6.07, 6.45) is 1.78. The number of ether oxygens (including phenoxy) is 2. The Labute approximate surface area is 164 Å². The first-order chi connectivity index (χ1) is 13.2. The highest BCUT2D eigenvalue weighted by Gasteiger charge is 2.36. The minimum absolute atomic E-state index is 0.0524. The molecule has 2 atom stereocenters. The Balaban J connectivity index is 1.96. The Hall–Kier alpha value is -2.42. The number of methoxy groups -OCH3 is 1. The molecule has 1 aliphatic rings. The van der Waals surface area contributed by atoms with Gasteiger partial charge in [0.25, 0.3) is 5.91 Å². The topological polar surface area (TPSA) is 90.0 Å². The Kier molecular flexibility index (Phi) is 7.17. The van der Waals surface area contributed by atoms with E-state index >= 15 is 0 Å². The Morgan fingerprint density at radius 2 is 2.11 bits per heavy atom. The van der Waals surface area contributed by atoms with Crippen LogP contribution in [0.2, 0.25) is 0 Å². The van der Waals surface area contributed by atoms with E-state index in [1.54, 1.807) is 13.0 Å². The molecule has 1 amide bonds. The van der Waals surface area contributed by atoms with Gasteiger partial charge in [0.2, 0.25) is 0 Å². The molecule has 2 rings (SSSR count). The summed E-state index contributed by atoms with van der Waals surface area (Å²) in [5.41, 5.74) is 0.431. The molecule has 0 aliphatic carbocycles. The van der Waals surface area contributed by atoms with Crippen molar-refractivity contribution < 1.29 is 31.9 Å². The Morgan fingerprint density at radius 1 is 1.39 bits per heavy atom. The number of rotatable bonds is 7. The summed E-state index contributed by atoms with van der Waals surface area (Å²) >= 11 is 0. The monoisotopic (exact) mass is 413 g/mol. The lowest BCUT2D eigenvalue weighted by molar-refractivity contribution is -0.156. The van der Waals surface area contributed by atoms with E-state index in [2.05, 4.69) is 0 Å². The molecule has 0 radical (unpaired) electrons. The van der Waals surface area contributed by atoms with Crippen molar-refractivity contribution in [3.05, 3.63) is 35.7 Å². The number of halogens is 1. The van der Waals surface area contributed by atoms with E-state index in [9.17, 15) is 22.4 Å². The summed E-state index contributed by atoms with van der Waals surface area (Å²) < 4.78 is 46.9. The minimum atomic E-state index is -3.13. The minimum Gasteiger partial charge on any atom is -0.494 e. The predicted octanol–water partition coefficient (Wildman–Crippen LogP) is 1.81. The molecule has 0 spiro atoms. The molecule has 0 N–H and O–H groups in total. The summed E-state index contributed by atoms with van der Waals surface area (Å²) in [4.78, 5) is 26.0. The molecule has 1 fully saturated rings. The standard InChI is InChI=1S/C19H24FNO6S/c1-4-21(15-9-10-28(24,25)12-15)19(23)13(2)27-18(22)8-6-14-5-7-17(26-3)16(20)11-14/h5-8,11,13,15H,4,9-10,12H2,1-3H3/b8-6+/t13-,15+/m0/s1. The van der Waals surface area contributed by atoms with Crippen LogP contribution >= 0.6 is 0 Å². The maximum absolute atomic E-state index is 13.7. The highest BCUT2D eigenvalue weighted by Crippen LogP contribution is 2.20. The number of esters is 1. The summed E-state index contributed by atoms with van der Waals surface area (Å²) in [5.74, 6) is -1.69. The Morgan fingerprint density at radius 3 is 2.64 bits per heavy atom. The summed E-state index contributed by atoms with van der Waals surface area (Å²) in [7, 11) is -1.78. The van der Waals surface area contributed by atoms with Crippen LogP contribution in [0.25, 0.3) is 6.08 Å². The fraction of sp³-hybridized carbons (Fsp3) is 0.474. The van der Waals surface area contributed by atoms with Crippen LogP contribution in [-0.2, 0) is 24.2 Å². The number of carbonyl (C=O) groups is 2. The molecule has 0 saturated carbocycles. The van der Waals surface area contributed by atoms with Gasteiger partial charge >= 0.3 is 5.97 Å². The van der Waals surface area contributed by atoms with Crippen molar-refractivity contribution in [2.45, 2.75) is 32.4 Å². The van der Waals surface area contributed by atoms with Gasteiger partial charge in [-0.1, -0.05) is 6.07 Å². The van der Waals surface area contributed by atoms with E-state index in [1.807, 2.05) is 0 Å². The average Bonchev–Trinajstić information content (AvgIpc) is 3.00. The van der Waals surface area contributed by atoms with Crippen LogP contribution in [0.4, 0.5) is 4.39 Å². The van der Waals surface area contributed by atoms with Gasteiger partial charge in [-0.05, 0) is 44.0 Å². The highest BCUT2D eigenvalue weighted by molar-refractivity contribution is 7.91. The van der Waals surface area contributed by atoms with Crippen molar-refractivity contribution in [3.63, 3.8) is 0 Å². The van der Waals surface area contributed by atoms with Gasteiger partial charge in [0.05, 0.1) is 18.6 Å². The van der Waals surface area contributed by atoms with Gasteiger partial charge in [-0.2, -0.15) is 0 Å². The molecule has 1 saturated heterocycles. The van der Waals surface area contributed by atoms with Crippen molar-refractivity contribution in [2.75, 3.05) is 25.2 Å². The summed E-state index contributed by atoms with van der Waals surface area (Å²) in [5, 5.41) is 0. The average molecular weight is 413 g/mol. The third-order valence-corrected chi connectivity index (χ3v) is 6.25. The SMILES string of the molecule is CCN(C(=O)[C@H](C)OC(=O)/C=C/c1ccc(OC)c(F)c1)[C@@H]1CCS(=O)(=O)C1. The van der Waals surface area contributed by atoms with Crippen molar-refractivity contribution in [1.29, 1.82) is 0 Å². The van der Waals surface area contributed by atoms with Crippen molar-refractivity contribution >= 4 is 27.8 Å². The third kappa shape index (κ3) is 5.54. The lowest BCUT2D eigenvalue weighted by Crippen LogP contribution is -2.46. The first kappa shape index (κ1) is 21.9. The van der Waals surface area contributed by atoms with Gasteiger partial charge in [0.15, 0.2) is 27.5 Å². The molecule has 1 aromatic carbocycles. The maximum Gasteiger partial charge on any atom is 0.331 e. The fourth-order valence-electron chi connectivity index (χ4n) is 3.06. The number of likely N-dealkylation sites (N-methyl/N-ethyl adjacent to an activating group) is 1. The summed E-state index contributed by atoms with van der Waals surface area (Å²) in [6, 6.07) is 3.80. The molecule has 1 aliphatic heterocycles. The first-order valence-electron chi connectivity index (χ1n) is 8.90. The molecule has 7 nitrogen and oxygen atoms in total. The molecule has 0 bridgehead atoms. The second-order valence-electron chi connectivity index (χ2n) is 6.49. The van der Waals surface area contributed by atoms with E-state index in [1.165, 1.54) is 37.1 Å². The molecular formula is C19H24FNO6S. The number of amides is 1. The number of carbonyl (C=O) groups excluding carboxylic acids is 2. The van der Waals surface area contributed by atoms with E-state index in [0.717, 1.165) is 6.08 Å². The summed E-state index contributed by atoms with van der Waals surface area (Å²) in [6.45, 7) is 3.50. The van der Waals surface area contributed by atoms with E-state index in [-0.39, 0.29) is 17.3 Å². The Bertz CT molecular complexity index is 867. The van der Waals surface area contributed by atoms with Crippen molar-refractivity contribution in [2.24, 2.45) is 0 Å². The molecular weight excluding hydrogens is 389 g/mol. The molecule has 28 heavy (non-hydrogen) atoms. The third-order valence-electron chi connectivity index (χ3n) is 4.50. The zero-order valence-electron chi connectivity index (χ0n) is 16.1. The first-order valence-corrected chi connectivity index (χ1v) is 10.7. The van der Waals surface area contributed by atoms with Crippen LogP contribution in [0.5, 0.6) is 5.75 Å². The number of hydrogen-bond acceptors (Lipinski definition) is 6. The highest BCUT2D eigenvalue weighted by atomic mass is 32.2. The van der Waals surface area contributed by atoms with Crippen LogP contribution in [-0.4, -0.2) is 62.5 Å². The number of nitrogens with zero attached hydrogens (tertiary/aromatic N) is 1. The smallest absolute Gasteiger partial charge is 0.331 e. The van der Waals surface area contributed by atoms with Gasteiger partial charge in [0.1, 0.15) is 0 Å². The van der Waals surface area contributed by atoms with Crippen LogP contribution < -0.4 is 4.74 Å². The van der Waals surface area contributed by atoms with Crippen LogP contribution in [0.1, 0.15) is 25.8 Å². The van der Waals surface area contributed by atoms with Crippen LogP contribution in [0, 0.1) is 5.82 Å². The maximum atomic E-state index is 13.7. The number of hydrogen-bond donors (Lipinski definition) is 0. The normalized spacial score (nSPS) is 19.4. The van der Waals surface area contributed by atoms with E-state index in [4.69, 9.17) is 9.47 Å². The second kappa shape index (κ2) is 9.18. The van der Waals surface area contributed by atoms with Gasteiger partial charge in [0, 0.05) is 18.7 Å². The lowest BCUT2D eigenvalue weighted by Gasteiger charge is -2.29. The number of sulfone groups is 1. The second-order valence-corrected chi connectivity index (χ2v) is 8.72. The van der Waals surface area contributed by atoms with Crippen LogP contribution in [0.15, 0.2) is 24.3 Å². The largest absolute Gasteiger partial charge is 0.494 e. The van der Waals surface area contributed by atoms with Gasteiger partial charge < -0.3 is 14.4 Å².